The van der Waals surface area contributed by atoms with Gasteiger partial charge < -0.3 is 19.2 Å². The van der Waals surface area contributed by atoms with Gasteiger partial charge in [-0.25, -0.2) is 8.42 Å². The Hall–Kier alpha value is -2.07. The van der Waals surface area contributed by atoms with Crippen LogP contribution < -0.4 is 10.1 Å². The molecular formula is C17H17ClN2O6S. The minimum absolute atomic E-state index is 0.000386. The third kappa shape index (κ3) is 3.31. The first-order valence-electron chi connectivity index (χ1n) is 8.28. The highest BCUT2D eigenvalue weighted by atomic mass is 35.5. The number of carbonyl (C=O) groups is 1. The molecule has 1 fully saturated rings. The van der Waals surface area contributed by atoms with Gasteiger partial charge in [0.2, 0.25) is 10.0 Å². The van der Waals surface area contributed by atoms with Crippen molar-refractivity contribution >= 4 is 33.2 Å². The number of nitrogens with one attached hydrogen (secondary N) is 1. The van der Waals surface area contributed by atoms with Crippen molar-refractivity contribution in [3.05, 3.63) is 40.8 Å². The van der Waals surface area contributed by atoms with Crippen molar-refractivity contribution in [3.63, 3.8) is 0 Å². The SMILES string of the molecule is Cc1ccc(C2COCCN2S(=O)(=O)c2cc3c(cc2Cl)NC(=O)CO3)o1. The zero-order chi connectivity index (χ0) is 19.2. The first-order valence-corrected chi connectivity index (χ1v) is 10.1. The van der Waals surface area contributed by atoms with Gasteiger partial charge in [-0.05, 0) is 25.1 Å². The Morgan fingerprint density at radius 2 is 2.11 bits per heavy atom. The van der Waals surface area contributed by atoms with Gasteiger partial charge in [-0.3, -0.25) is 4.79 Å². The second-order valence-corrected chi connectivity index (χ2v) is 8.54. The molecule has 3 heterocycles. The Labute approximate surface area is 161 Å². The highest BCUT2D eigenvalue weighted by Gasteiger charge is 2.38. The molecule has 2 aromatic rings. The summed E-state index contributed by atoms with van der Waals surface area (Å²) in [6, 6.07) is 5.64. The highest BCUT2D eigenvalue weighted by molar-refractivity contribution is 7.89. The number of hydrogen-bond donors (Lipinski definition) is 1. The highest BCUT2D eigenvalue weighted by Crippen LogP contribution is 2.39. The number of nitrogens with zero attached hydrogens (tertiary/aromatic N) is 1. The predicted octanol–water partition coefficient (Wildman–Crippen LogP) is 2.33. The maximum Gasteiger partial charge on any atom is 0.262 e. The summed E-state index contributed by atoms with van der Waals surface area (Å²) in [5, 5.41) is 2.60. The number of halogens is 1. The average Bonchev–Trinajstić information content (AvgIpc) is 3.07. The van der Waals surface area contributed by atoms with Crippen molar-refractivity contribution in [2.75, 3.05) is 31.7 Å². The van der Waals surface area contributed by atoms with Gasteiger partial charge in [-0.15, -0.1) is 0 Å². The third-order valence-electron chi connectivity index (χ3n) is 4.42. The lowest BCUT2D eigenvalue weighted by Crippen LogP contribution is -2.43. The molecule has 144 valence electrons. The van der Waals surface area contributed by atoms with Crippen molar-refractivity contribution in [3.8, 4) is 5.75 Å². The number of hydrogen-bond acceptors (Lipinski definition) is 6. The zero-order valence-corrected chi connectivity index (χ0v) is 16.0. The normalized spacial score (nSPS) is 20.7. The van der Waals surface area contributed by atoms with Gasteiger partial charge in [0.1, 0.15) is 28.2 Å². The topological polar surface area (TPSA) is 98.1 Å². The molecule has 10 heteroatoms. The Balaban J connectivity index is 1.74. The van der Waals surface area contributed by atoms with E-state index in [1.807, 2.05) is 0 Å². The maximum absolute atomic E-state index is 13.4. The van der Waals surface area contributed by atoms with E-state index in [0.29, 0.717) is 17.2 Å². The molecule has 1 N–H and O–H groups in total. The van der Waals surface area contributed by atoms with E-state index in [9.17, 15) is 13.2 Å². The van der Waals surface area contributed by atoms with Crippen molar-refractivity contribution in [1.29, 1.82) is 0 Å². The number of sulfonamides is 1. The number of fused-ring (bicyclic) bond motifs is 1. The predicted molar refractivity (Wildman–Crippen MR) is 96.5 cm³/mol. The fourth-order valence-electron chi connectivity index (χ4n) is 3.14. The van der Waals surface area contributed by atoms with Crippen LogP contribution in [0.5, 0.6) is 5.75 Å². The van der Waals surface area contributed by atoms with E-state index in [1.54, 1.807) is 19.1 Å². The molecule has 0 spiro atoms. The van der Waals surface area contributed by atoms with Gasteiger partial charge in [0.05, 0.1) is 23.9 Å². The van der Waals surface area contributed by atoms with E-state index in [0.717, 1.165) is 0 Å². The average molecular weight is 413 g/mol. The van der Waals surface area contributed by atoms with E-state index in [4.69, 9.17) is 25.5 Å². The fourth-order valence-corrected chi connectivity index (χ4v) is 5.22. The van der Waals surface area contributed by atoms with Gasteiger partial charge in [-0.2, -0.15) is 4.31 Å². The zero-order valence-electron chi connectivity index (χ0n) is 14.4. The third-order valence-corrected chi connectivity index (χ3v) is 6.80. The second kappa shape index (κ2) is 6.83. The van der Waals surface area contributed by atoms with Crippen LogP contribution in [0, 0.1) is 6.92 Å². The Morgan fingerprint density at radius 1 is 1.30 bits per heavy atom. The van der Waals surface area contributed by atoms with E-state index in [1.165, 1.54) is 16.4 Å². The number of furan rings is 1. The van der Waals surface area contributed by atoms with Crippen LogP contribution in [-0.2, 0) is 19.6 Å². The van der Waals surface area contributed by atoms with Crippen molar-refractivity contribution in [2.24, 2.45) is 0 Å². The number of rotatable bonds is 3. The van der Waals surface area contributed by atoms with Crippen LogP contribution in [0.2, 0.25) is 5.02 Å². The number of ether oxygens (including phenoxy) is 2. The molecule has 1 atom stereocenters. The van der Waals surface area contributed by atoms with Crippen molar-refractivity contribution < 1.29 is 27.1 Å². The molecule has 27 heavy (non-hydrogen) atoms. The van der Waals surface area contributed by atoms with Crippen LogP contribution in [0.1, 0.15) is 17.6 Å². The Bertz CT molecular complexity index is 1000. The summed E-state index contributed by atoms with van der Waals surface area (Å²) in [5.74, 6) is 1.13. The minimum Gasteiger partial charge on any atom is -0.482 e. The van der Waals surface area contributed by atoms with Crippen LogP contribution in [0.25, 0.3) is 0 Å². The van der Waals surface area contributed by atoms with Gasteiger partial charge in [0, 0.05) is 12.6 Å². The fraction of sp³-hybridized carbons (Fsp3) is 0.353. The number of benzene rings is 1. The van der Waals surface area contributed by atoms with Crippen molar-refractivity contribution in [1.82, 2.24) is 4.31 Å². The first kappa shape index (κ1) is 18.3. The van der Waals surface area contributed by atoms with E-state index < -0.39 is 16.1 Å². The summed E-state index contributed by atoms with van der Waals surface area (Å²) in [5.41, 5.74) is 0.343. The lowest BCUT2D eigenvalue weighted by Gasteiger charge is -2.33. The number of aryl methyl sites for hydroxylation is 1. The Morgan fingerprint density at radius 3 is 2.85 bits per heavy atom. The molecule has 1 unspecified atom stereocenters. The number of morpholine rings is 1. The van der Waals surface area contributed by atoms with Crippen LogP contribution in [0.15, 0.2) is 33.6 Å². The van der Waals surface area contributed by atoms with E-state index in [2.05, 4.69) is 5.32 Å². The van der Waals surface area contributed by atoms with Crippen LogP contribution >= 0.6 is 11.6 Å². The largest absolute Gasteiger partial charge is 0.482 e. The first-order chi connectivity index (χ1) is 12.9. The monoisotopic (exact) mass is 412 g/mol. The lowest BCUT2D eigenvalue weighted by molar-refractivity contribution is -0.118. The van der Waals surface area contributed by atoms with Gasteiger partial charge in [0.25, 0.3) is 5.91 Å². The summed E-state index contributed by atoms with van der Waals surface area (Å²) in [7, 11) is -3.96. The van der Waals surface area contributed by atoms with Crippen LogP contribution in [0.3, 0.4) is 0 Å². The summed E-state index contributed by atoms with van der Waals surface area (Å²) in [6.07, 6.45) is 0. The molecule has 2 aliphatic heterocycles. The lowest BCUT2D eigenvalue weighted by atomic mass is 10.2. The van der Waals surface area contributed by atoms with Gasteiger partial charge in [-0.1, -0.05) is 11.6 Å². The smallest absolute Gasteiger partial charge is 0.262 e. The second-order valence-electron chi connectivity index (χ2n) is 6.27. The molecule has 2 aliphatic rings. The quantitative estimate of drug-likeness (QED) is 0.830. The standard InChI is InChI=1S/C17H17ClN2O6S/c1-10-2-3-14(26-10)13-8-24-5-4-20(13)27(22,23)16-7-15-12(6-11(16)18)19-17(21)9-25-15/h2-3,6-7,13H,4-5,8-9H2,1H3,(H,19,21). The molecular weight excluding hydrogens is 396 g/mol. The van der Waals surface area contributed by atoms with Crippen LogP contribution in [0.4, 0.5) is 5.69 Å². The summed E-state index contributed by atoms with van der Waals surface area (Å²) in [6.45, 7) is 2.22. The molecule has 1 aromatic carbocycles. The summed E-state index contributed by atoms with van der Waals surface area (Å²) < 4.78 is 44.4. The molecule has 0 saturated carbocycles. The number of anilines is 1. The summed E-state index contributed by atoms with van der Waals surface area (Å²) >= 11 is 6.24. The molecule has 1 amide bonds. The number of carbonyl (C=O) groups excluding carboxylic acids is 1. The molecule has 0 aliphatic carbocycles. The Kier molecular flexibility index (Phi) is 4.63. The summed E-state index contributed by atoms with van der Waals surface area (Å²) in [4.78, 5) is 11.3. The van der Waals surface area contributed by atoms with Gasteiger partial charge >= 0.3 is 0 Å². The molecule has 8 nitrogen and oxygen atoms in total. The van der Waals surface area contributed by atoms with Crippen molar-refractivity contribution in [2.45, 2.75) is 17.9 Å². The molecule has 4 rings (SSSR count). The maximum atomic E-state index is 13.4. The van der Waals surface area contributed by atoms with E-state index in [-0.39, 0.29) is 47.9 Å². The number of amides is 1. The van der Waals surface area contributed by atoms with Crippen LogP contribution in [-0.4, -0.2) is 45.0 Å². The molecule has 0 radical (unpaired) electrons. The van der Waals surface area contributed by atoms with Gasteiger partial charge in [0.15, 0.2) is 6.61 Å². The molecule has 1 saturated heterocycles. The van der Waals surface area contributed by atoms with E-state index >= 15 is 0 Å². The molecule has 1 aromatic heterocycles. The molecule has 0 bridgehead atoms. The minimum atomic E-state index is -3.96.